The lowest BCUT2D eigenvalue weighted by molar-refractivity contribution is -0.141. The van der Waals surface area contributed by atoms with Crippen LogP contribution in [-0.2, 0) is 9.36 Å². The number of carbonyl (C=O) groups is 1. The van der Waals surface area contributed by atoms with Gasteiger partial charge < -0.3 is 20.5 Å². The van der Waals surface area contributed by atoms with Gasteiger partial charge in [0.15, 0.2) is 5.28 Å². The fourth-order valence-corrected chi connectivity index (χ4v) is 0.967. The minimum absolute atomic E-state index is 0.377. The van der Waals surface area contributed by atoms with E-state index in [4.69, 9.17) is 15.9 Å². The molecule has 0 aromatic rings. The molecule has 3 atom stereocenters. The van der Waals surface area contributed by atoms with Crippen LogP contribution in [0.3, 0.4) is 0 Å². The van der Waals surface area contributed by atoms with Crippen LogP contribution in [0.4, 0.5) is 0 Å². The fourth-order valence-electron chi connectivity index (χ4n) is 0.528. The summed E-state index contributed by atoms with van der Waals surface area (Å²) in [5.74, 6) is -2.02. The summed E-state index contributed by atoms with van der Waals surface area (Å²) in [6, 6.07) is 0. The molecule has 0 rings (SSSR count). The van der Waals surface area contributed by atoms with E-state index in [0.29, 0.717) is 0 Å². The van der Waals surface area contributed by atoms with Gasteiger partial charge in [0, 0.05) is 12.5 Å². The van der Waals surface area contributed by atoms with Gasteiger partial charge in [-0.2, -0.15) is 0 Å². The zero-order valence-electron chi connectivity index (χ0n) is 6.15. The number of aliphatic hydroxyl groups is 1. The summed E-state index contributed by atoms with van der Waals surface area (Å²) < 4.78 is 10.5. The molecule has 0 bridgehead atoms. The molecule has 0 aromatic carbocycles. The van der Waals surface area contributed by atoms with Crippen LogP contribution in [0.1, 0.15) is 6.92 Å². The first-order chi connectivity index (χ1) is 4.99. The minimum Gasteiger partial charge on any atom is -0.480 e. The van der Waals surface area contributed by atoms with E-state index < -0.39 is 25.6 Å². The lowest BCUT2D eigenvalue weighted by Crippen LogP contribution is -2.49. The number of aliphatic carboxylic acids is 1. The van der Waals surface area contributed by atoms with E-state index in [-0.39, 0.29) is 6.61 Å². The Kier molecular flexibility index (Phi) is 3.72. The molecule has 11 heavy (non-hydrogen) atoms. The van der Waals surface area contributed by atoms with Gasteiger partial charge in [-0.15, -0.1) is 0 Å². The zero-order valence-corrected chi connectivity index (χ0v) is 7.30. The number of carboxylic acids is 1. The highest BCUT2D eigenvalue weighted by molar-refractivity contribution is 7.27. The standard InChI is InChI=1S/C5H12NO4P/c1-3(2-7)5(6,11-10)4(8)9/h3,7H,2,6,11H2,1H3,(H,8,9). The summed E-state index contributed by atoms with van der Waals surface area (Å²) in [5, 5.41) is 15.3. The third kappa shape index (κ3) is 2.02. The smallest absolute Gasteiger partial charge is 0.331 e. The first-order valence-electron chi connectivity index (χ1n) is 3.08. The maximum Gasteiger partial charge on any atom is 0.331 e. The predicted octanol–water partition coefficient (Wildman–Crippen LogP) is -0.889. The Morgan fingerprint density at radius 3 is 2.36 bits per heavy atom. The molecular weight excluding hydrogens is 169 g/mol. The lowest BCUT2D eigenvalue weighted by Gasteiger charge is -2.23. The largest absolute Gasteiger partial charge is 0.480 e. The molecule has 66 valence electrons. The zero-order chi connectivity index (χ0) is 9.07. The van der Waals surface area contributed by atoms with Gasteiger partial charge in [-0.25, -0.2) is 4.79 Å². The van der Waals surface area contributed by atoms with Crippen LogP contribution < -0.4 is 5.73 Å². The molecule has 0 aliphatic rings. The van der Waals surface area contributed by atoms with E-state index in [1.165, 1.54) is 6.92 Å². The van der Waals surface area contributed by atoms with Gasteiger partial charge >= 0.3 is 5.97 Å². The predicted molar refractivity (Wildman–Crippen MR) is 41.2 cm³/mol. The van der Waals surface area contributed by atoms with E-state index in [1.54, 1.807) is 0 Å². The number of aliphatic hydroxyl groups excluding tert-OH is 1. The van der Waals surface area contributed by atoms with Crippen molar-refractivity contribution in [2.45, 2.75) is 12.2 Å². The number of nitrogens with two attached hydrogens (primary N) is 1. The quantitative estimate of drug-likeness (QED) is 0.488. The molecule has 0 aromatic heterocycles. The Morgan fingerprint density at radius 1 is 1.82 bits per heavy atom. The van der Waals surface area contributed by atoms with E-state index in [2.05, 4.69) is 0 Å². The van der Waals surface area contributed by atoms with Crippen molar-refractivity contribution in [1.29, 1.82) is 0 Å². The topological polar surface area (TPSA) is 101 Å². The normalized spacial score (nSPS) is 19.9. The number of carboxylic acid groups (broad SMARTS) is 1. The summed E-state index contributed by atoms with van der Waals surface area (Å²) in [6.45, 7) is 1.07. The summed E-state index contributed by atoms with van der Waals surface area (Å²) in [4.78, 5) is 10.4. The number of rotatable bonds is 4. The van der Waals surface area contributed by atoms with Crippen molar-refractivity contribution in [1.82, 2.24) is 0 Å². The summed E-state index contributed by atoms with van der Waals surface area (Å²) in [5.41, 5.74) is 5.26. The fraction of sp³-hybridized carbons (Fsp3) is 0.800. The van der Waals surface area contributed by atoms with Crippen LogP contribution in [0.15, 0.2) is 0 Å². The second-order valence-electron chi connectivity index (χ2n) is 2.44. The van der Waals surface area contributed by atoms with Crippen molar-refractivity contribution in [2.75, 3.05) is 6.61 Å². The van der Waals surface area contributed by atoms with Crippen LogP contribution in [0.2, 0.25) is 0 Å². The van der Waals surface area contributed by atoms with Crippen molar-refractivity contribution in [3.05, 3.63) is 0 Å². The van der Waals surface area contributed by atoms with Gasteiger partial charge in [0.25, 0.3) is 0 Å². The number of hydrogen-bond acceptors (Lipinski definition) is 4. The first kappa shape index (κ1) is 10.6. The molecule has 6 heteroatoms. The second-order valence-corrected chi connectivity index (χ2v) is 3.63. The molecule has 0 saturated heterocycles. The Bertz CT molecular complexity index is 174. The molecule has 0 saturated carbocycles. The molecule has 0 spiro atoms. The molecule has 0 aliphatic carbocycles. The highest BCUT2D eigenvalue weighted by Gasteiger charge is 2.38. The van der Waals surface area contributed by atoms with E-state index in [1.807, 2.05) is 0 Å². The Morgan fingerprint density at radius 2 is 2.27 bits per heavy atom. The third-order valence-corrected chi connectivity index (χ3v) is 2.86. The van der Waals surface area contributed by atoms with Gasteiger partial charge in [-0.1, -0.05) is 6.92 Å². The molecule has 0 aliphatic heterocycles. The number of hydrogen-bond donors (Lipinski definition) is 3. The van der Waals surface area contributed by atoms with Crippen LogP contribution >= 0.6 is 8.46 Å². The van der Waals surface area contributed by atoms with E-state index in [9.17, 15) is 9.36 Å². The van der Waals surface area contributed by atoms with Crippen molar-refractivity contribution in [3.63, 3.8) is 0 Å². The summed E-state index contributed by atoms with van der Waals surface area (Å²) >= 11 is 0. The van der Waals surface area contributed by atoms with Crippen molar-refractivity contribution in [3.8, 4) is 0 Å². The Balaban J connectivity index is 4.58. The molecule has 3 unspecified atom stereocenters. The molecule has 0 amide bonds. The lowest BCUT2D eigenvalue weighted by atomic mass is 10.0. The average Bonchev–Trinajstić information content (AvgIpc) is 2.01. The maximum atomic E-state index is 10.5. The molecule has 0 fully saturated rings. The van der Waals surface area contributed by atoms with Gasteiger partial charge in [0.05, 0.1) is 8.46 Å². The van der Waals surface area contributed by atoms with Crippen molar-refractivity contribution < 1.29 is 19.6 Å². The van der Waals surface area contributed by atoms with Gasteiger partial charge in [0.2, 0.25) is 0 Å². The van der Waals surface area contributed by atoms with Crippen molar-refractivity contribution in [2.24, 2.45) is 11.7 Å². The molecular formula is C5H12NO4P. The Hall–Kier alpha value is -0.380. The SMILES string of the molecule is CC(CO)C(N)([PH2]=O)C(=O)O. The molecule has 4 N–H and O–H groups in total. The average molecular weight is 181 g/mol. The molecule has 0 heterocycles. The summed E-state index contributed by atoms with van der Waals surface area (Å²) in [7, 11) is -1.63. The van der Waals surface area contributed by atoms with E-state index in [0.717, 1.165) is 0 Å². The van der Waals surface area contributed by atoms with Gasteiger partial charge in [-0.05, 0) is 0 Å². The Labute approximate surface area is 65.4 Å². The molecule has 0 radical (unpaired) electrons. The highest BCUT2D eigenvalue weighted by Crippen LogP contribution is 2.25. The van der Waals surface area contributed by atoms with E-state index >= 15 is 0 Å². The van der Waals surface area contributed by atoms with Gasteiger partial charge in [0.1, 0.15) is 0 Å². The maximum absolute atomic E-state index is 10.5. The minimum atomic E-state index is -1.76. The first-order valence-corrected chi connectivity index (χ1v) is 4.13. The van der Waals surface area contributed by atoms with Crippen LogP contribution in [0.25, 0.3) is 0 Å². The summed E-state index contributed by atoms with van der Waals surface area (Å²) in [6.07, 6.45) is 0. The van der Waals surface area contributed by atoms with Crippen LogP contribution in [-0.4, -0.2) is 28.1 Å². The molecule has 5 nitrogen and oxygen atoms in total. The van der Waals surface area contributed by atoms with Crippen LogP contribution in [0, 0.1) is 5.92 Å². The monoisotopic (exact) mass is 181 g/mol. The highest BCUT2D eigenvalue weighted by atomic mass is 31.1. The van der Waals surface area contributed by atoms with Crippen LogP contribution in [0.5, 0.6) is 0 Å². The van der Waals surface area contributed by atoms with Crippen molar-refractivity contribution >= 4 is 14.4 Å². The second kappa shape index (κ2) is 3.85. The third-order valence-electron chi connectivity index (χ3n) is 1.65. The van der Waals surface area contributed by atoms with Gasteiger partial charge in [-0.3, -0.25) is 0 Å².